The first-order valence-electron chi connectivity index (χ1n) is 6.24. The number of anilines is 1. The highest BCUT2D eigenvalue weighted by molar-refractivity contribution is 6.00. The standard InChI is InChI=1S/C14H19FN2O/c1-14(2,9-7-8-9)17-13(18)10-5-4-6-11(15)12(10)16-3/h4-6,9,16H,7-8H2,1-3H3,(H,17,18). The number of amides is 1. The van der Waals surface area contributed by atoms with E-state index in [1.165, 1.54) is 6.07 Å². The van der Waals surface area contributed by atoms with Crippen molar-refractivity contribution >= 4 is 11.6 Å². The van der Waals surface area contributed by atoms with Crippen LogP contribution in [0.5, 0.6) is 0 Å². The van der Waals surface area contributed by atoms with Gasteiger partial charge in [0.1, 0.15) is 5.82 Å². The molecule has 0 aliphatic heterocycles. The molecule has 0 atom stereocenters. The Kier molecular flexibility index (Phi) is 3.28. The van der Waals surface area contributed by atoms with E-state index in [4.69, 9.17) is 0 Å². The van der Waals surface area contributed by atoms with E-state index in [9.17, 15) is 9.18 Å². The van der Waals surface area contributed by atoms with E-state index in [0.717, 1.165) is 12.8 Å². The fourth-order valence-corrected chi connectivity index (χ4v) is 2.23. The quantitative estimate of drug-likeness (QED) is 0.862. The molecule has 0 heterocycles. The summed E-state index contributed by atoms with van der Waals surface area (Å²) in [6.45, 7) is 4.03. The largest absolute Gasteiger partial charge is 0.385 e. The lowest BCUT2D eigenvalue weighted by molar-refractivity contribution is 0.0904. The van der Waals surface area contributed by atoms with Crippen LogP contribution in [0.15, 0.2) is 18.2 Å². The van der Waals surface area contributed by atoms with Gasteiger partial charge in [-0.3, -0.25) is 4.79 Å². The highest BCUT2D eigenvalue weighted by atomic mass is 19.1. The van der Waals surface area contributed by atoms with Gasteiger partial charge in [-0.05, 0) is 44.7 Å². The Morgan fingerprint density at radius 2 is 2.06 bits per heavy atom. The number of hydrogen-bond donors (Lipinski definition) is 2. The maximum absolute atomic E-state index is 13.6. The summed E-state index contributed by atoms with van der Waals surface area (Å²) in [6.07, 6.45) is 2.30. The van der Waals surface area contributed by atoms with Gasteiger partial charge >= 0.3 is 0 Å². The van der Waals surface area contributed by atoms with Crippen LogP contribution in [-0.2, 0) is 0 Å². The van der Waals surface area contributed by atoms with Crippen LogP contribution in [0.4, 0.5) is 10.1 Å². The summed E-state index contributed by atoms with van der Waals surface area (Å²) in [5.41, 5.74) is 0.377. The molecule has 18 heavy (non-hydrogen) atoms. The van der Waals surface area contributed by atoms with E-state index in [1.807, 2.05) is 13.8 Å². The lowest BCUT2D eigenvalue weighted by atomic mass is 9.98. The second kappa shape index (κ2) is 4.59. The van der Waals surface area contributed by atoms with Crippen molar-refractivity contribution in [2.45, 2.75) is 32.2 Å². The van der Waals surface area contributed by atoms with Gasteiger partial charge in [0.25, 0.3) is 5.91 Å². The number of rotatable bonds is 4. The second-order valence-corrected chi connectivity index (χ2v) is 5.36. The summed E-state index contributed by atoms with van der Waals surface area (Å²) in [4.78, 5) is 12.2. The van der Waals surface area contributed by atoms with Gasteiger partial charge in [0.05, 0.1) is 11.3 Å². The molecule has 1 fully saturated rings. The molecule has 1 saturated carbocycles. The third-order valence-corrected chi connectivity index (χ3v) is 3.54. The van der Waals surface area contributed by atoms with Crippen LogP contribution in [0.3, 0.4) is 0 Å². The summed E-state index contributed by atoms with van der Waals surface area (Å²) in [6, 6.07) is 4.52. The average molecular weight is 250 g/mol. The van der Waals surface area contributed by atoms with Crippen LogP contribution in [0, 0.1) is 11.7 Å². The van der Waals surface area contributed by atoms with E-state index in [-0.39, 0.29) is 17.1 Å². The van der Waals surface area contributed by atoms with Crippen molar-refractivity contribution < 1.29 is 9.18 Å². The molecule has 1 aliphatic rings. The second-order valence-electron chi connectivity index (χ2n) is 5.36. The van der Waals surface area contributed by atoms with Crippen molar-refractivity contribution in [3.8, 4) is 0 Å². The van der Waals surface area contributed by atoms with Gasteiger partial charge in [-0.25, -0.2) is 4.39 Å². The van der Waals surface area contributed by atoms with Crippen molar-refractivity contribution in [2.75, 3.05) is 12.4 Å². The van der Waals surface area contributed by atoms with E-state index in [2.05, 4.69) is 10.6 Å². The Hall–Kier alpha value is -1.58. The van der Waals surface area contributed by atoms with Gasteiger partial charge in [0, 0.05) is 12.6 Å². The molecule has 2 N–H and O–H groups in total. The SMILES string of the molecule is CNc1c(F)cccc1C(=O)NC(C)(C)C1CC1. The number of benzene rings is 1. The Morgan fingerprint density at radius 3 is 2.61 bits per heavy atom. The van der Waals surface area contributed by atoms with Crippen molar-refractivity contribution in [1.29, 1.82) is 0 Å². The van der Waals surface area contributed by atoms with Gasteiger partial charge < -0.3 is 10.6 Å². The normalized spacial score (nSPS) is 15.3. The lowest BCUT2D eigenvalue weighted by Gasteiger charge is -2.26. The molecular formula is C14H19FN2O. The molecule has 3 nitrogen and oxygen atoms in total. The molecular weight excluding hydrogens is 231 g/mol. The van der Waals surface area contributed by atoms with Crippen molar-refractivity contribution in [1.82, 2.24) is 5.32 Å². The first kappa shape index (κ1) is 12.9. The van der Waals surface area contributed by atoms with Gasteiger partial charge in [-0.1, -0.05) is 6.07 Å². The Balaban J connectivity index is 2.21. The fraction of sp³-hybridized carbons (Fsp3) is 0.500. The van der Waals surface area contributed by atoms with E-state index < -0.39 is 5.82 Å². The Morgan fingerprint density at radius 1 is 1.39 bits per heavy atom. The molecule has 0 radical (unpaired) electrons. The predicted molar refractivity (Wildman–Crippen MR) is 70.2 cm³/mol. The number of para-hydroxylation sites is 1. The minimum absolute atomic E-state index is 0.226. The summed E-state index contributed by atoms with van der Waals surface area (Å²) in [5, 5.41) is 5.73. The van der Waals surface area contributed by atoms with Gasteiger partial charge in [-0.15, -0.1) is 0 Å². The molecule has 1 amide bonds. The number of nitrogens with one attached hydrogen (secondary N) is 2. The molecule has 0 unspecified atom stereocenters. The van der Waals surface area contributed by atoms with Crippen LogP contribution in [0.2, 0.25) is 0 Å². The first-order chi connectivity index (χ1) is 8.45. The zero-order valence-electron chi connectivity index (χ0n) is 11.0. The van der Waals surface area contributed by atoms with E-state index in [1.54, 1.807) is 19.2 Å². The lowest BCUT2D eigenvalue weighted by Crippen LogP contribution is -2.45. The number of carbonyl (C=O) groups is 1. The minimum atomic E-state index is -0.408. The molecule has 2 rings (SSSR count). The molecule has 0 aromatic heterocycles. The Labute approximate surface area is 107 Å². The zero-order chi connectivity index (χ0) is 13.3. The third-order valence-electron chi connectivity index (χ3n) is 3.54. The molecule has 1 aromatic rings. The summed E-state index contributed by atoms with van der Waals surface area (Å²) < 4.78 is 13.6. The topological polar surface area (TPSA) is 41.1 Å². The first-order valence-corrected chi connectivity index (χ1v) is 6.24. The van der Waals surface area contributed by atoms with Crippen molar-refractivity contribution in [3.63, 3.8) is 0 Å². The fourth-order valence-electron chi connectivity index (χ4n) is 2.23. The van der Waals surface area contributed by atoms with Crippen LogP contribution in [-0.4, -0.2) is 18.5 Å². The van der Waals surface area contributed by atoms with Gasteiger partial charge in [0.15, 0.2) is 0 Å². The predicted octanol–water partition coefficient (Wildman–Crippen LogP) is 2.79. The average Bonchev–Trinajstić information content (AvgIpc) is 3.12. The summed E-state index contributed by atoms with van der Waals surface area (Å²) in [5.74, 6) is -0.0989. The van der Waals surface area contributed by atoms with Gasteiger partial charge in [-0.2, -0.15) is 0 Å². The maximum Gasteiger partial charge on any atom is 0.253 e. The molecule has 0 saturated heterocycles. The smallest absolute Gasteiger partial charge is 0.253 e. The molecule has 98 valence electrons. The van der Waals surface area contributed by atoms with E-state index >= 15 is 0 Å². The molecule has 0 bridgehead atoms. The van der Waals surface area contributed by atoms with Gasteiger partial charge in [0.2, 0.25) is 0 Å². The number of halogens is 1. The number of carbonyl (C=O) groups excluding carboxylic acids is 1. The highest BCUT2D eigenvalue weighted by Gasteiger charge is 2.39. The monoisotopic (exact) mass is 250 g/mol. The van der Waals surface area contributed by atoms with E-state index in [0.29, 0.717) is 11.5 Å². The molecule has 4 heteroatoms. The van der Waals surface area contributed by atoms with Crippen LogP contribution >= 0.6 is 0 Å². The summed E-state index contributed by atoms with van der Waals surface area (Å²) >= 11 is 0. The highest BCUT2D eigenvalue weighted by Crippen LogP contribution is 2.39. The Bertz CT molecular complexity index is 467. The van der Waals surface area contributed by atoms with Crippen molar-refractivity contribution in [2.24, 2.45) is 5.92 Å². The van der Waals surface area contributed by atoms with Crippen LogP contribution in [0.25, 0.3) is 0 Å². The molecule has 0 spiro atoms. The minimum Gasteiger partial charge on any atom is -0.385 e. The van der Waals surface area contributed by atoms with Crippen molar-refractivity contribution in [3.05, 3.63) is 29.6 Å². The maximum atomic E-state index is 13.6. The molecule has 1 aliphatic carbocycles. The van der Waals surface area contributed by atoms with Crippen LogP contribution in [0.1, 0.15) is 37.0 Å². The summed E-state index contributed by atoms with van der Waals surface area (Å²) in [7, 11) is 1.61. The third kappa shape index (κ3) is 2.47. The van der Waals surface area contributed by atoms with Crippen LogP contribution < -0.4 is 10.6 Å². The molecule has 1 aromatic carbocycles. The number of hydrogen-bond acceptors (Lipinski definition) is 2. The zero-order valence-corrected chi connectivity index (χ0v) is 11.0.